The third-order valence-electron chi connectivity index (χ3n) is 4.84. The van der Waals surface area contributed by atoms with E-state index in [4.69, 9.17) is 0 Å². The second-order valence-electron chi connectivity index (χ2n) is 6.10. The Kier molecular flexibility index (Phi) is 2.89. The fourth-order valence-corrected chi connectivity index (χ4v) is 3.59. The van der Waals surface area contributed by atoms with Gasteiger partial charge in [0.15, 0.2) is 0 Å². The molecule has 2 heterocycles. The molecule has 0 spiro atoms. The number of hydrogen-bond donors (Lipinski definition) is 1. The number of fused-ring (bicyclic) bond motifs is 1. The van der Waals surface area contributed by atoms with Crippen molar-refractivity contribution in [2.75, 3.05) is 4.90 Å². The lowest BCUT2D eigenvalue weighted by Crippen LogP contribution is -2.50. The quantitative estimate of drug-likeness (QED) is 0.509. The third kappa shape index (κ3) is 1.89. The summed E-state index contributed by atoms with van der Waals surface area (Å²) in [6.45, 7) is 0. The van der Waals surface area contributed by atoms with Gasteiger partial charge in [-0.25, -0.2) is 0 Å². The lowest BCUT2D eigenvalue weighted by atomic mass is 9.77. The molecule has 0 saturated carbocycles. The lowest BCUT2D eigenvalue weighted by molar-refractivity contribution is -0.127. The molecule has 3 aliphatic rings. The first kappa shape index (κ1) is 13.2. The molecule has 0 bridgehead atoms. The molecule has 3 atom stereocenters. The van der Waals surface area contributed by atoms with E-state index in [0.29, 0.717) is 24.9 Å². The molecule has 2 aliphatic heterocycles. The van der Waals surface area contributed by atoms with Gasteiger partial charge in [-0.3, -0.25) is 19.3 Å². The second-order valence-corrected chi connectivity index (χ2v) is 6.10. The third-order valence-corrected chi connectivity index (χ3v) is 4.84. The summed E-state index contributed by atoms with van der Waals surface area (Å²) in [6.07, 6.45) is 3.68. The molecule has 3 amide bonds. The molecule has 4 rings (SSSR count). The largest absolute Gasteiger partial charge is 0.349 e. The van der Waals surface area contributed by atoms with Gasteiger partial charge in [0.05, 0.1) is 30.0 Å². The number of rotatable bonds is 2. The molecule has 2 fully saturated rings. The number of para-hydroxylation sites is 1. The van der Waals surface area contributed by atoms with Crippen LogP contribution >= 0.6 is 0 Å². The van der Waals surface area contributed by atoms with Crippen molar-refractivity contribution in [3.05, 3.63) is 42.0 Å². The van der Waals surface area contributed by atoms with E-state index in [1.165, 1.54) is 4.90 Å². The number of allylic oxidation sites excluding steroid dienone is 1. The SMILES string of the molecule is O=C1CC(C2=CCC3C(=O)N(c4ccccc4)C(=O)C3C2)N1. The van der Waals surface area contributed by atoms with Crippen molar-refractivity contribution in [1.29, 1.82) is 0 Å². The minimum absolute atomic E-state index is 0.0489. The summed E-state index contributed by atoms with van der Waals surface area (Å²) >= 11 is 0. The molecular weight excluding hydrogens is 280 g/mol. The van der Waals surface area contributed by atoms with Crippen molar-refractivity contribution in [1.82, 2.24) is 5.32 Å². The Labute approximate surface area is 128 Å². The van der Waals surface area contributed by atoms with E-state index in [1.54, 1.807) is 12.1 Å². The molecule has 1 aromatic rings. The summed E-state index contributed by atoms with van der Waals surface area (Å²) in [7, 11) is 0. The fraction of sp³-hybridized carbons (Fsp3) is 0.353. The number of hydrogen-bond acceptors (Lipinski definition) is 3. The molecule has 5 heteroatoms. The molecule has 1 aliphatic carbocycles. The molecule has 2 saturated heterocycles. The highest BCUT2D eigenvalue weighted by molar-refractivity contribution is 6.22. The van der Waals surface area contributed by atoms with Crippen LogP contribution in [0.15, 0.2) is 42.0 Å². The van der Waals surface area contributed by atoms with Crippen molar-refractivity contribution in [2.24, 2.45) is 11.8 Å². The molecule has 0 aromatic heterocycles. The standard InChI is InChI=1S/C17H16N2O3/c20-15-9-14(18-15)10-6-7-12-13(8-10)17(22)19(16(12)21)11-4-2-1-3-5-11/h1-6,12-14H,7-9H2,(H,18,20). The van der Waals surface area contributed by atoms with Crippen molar-refractivity contribution >= 4 is 23.4 Å². The van der Waals surface area contributed by atoms with Gasteiger partial charge in [0, 0.05) is 0 Å². The maximum atomic E-state index is 12.7. The minimum atomic E-state index is -0.287. The molecule has 112 valence electrons. The van der Waals surface area contributed by atoms with Crippen LogP contribution in [0.4, 0.5) is 5.69 Å². The number of nitrogens with one attached hydrogen (secondary N) is 1. The van der Waals surface area contributed by atoms with Gasteiger partial charge < -0.3 is 5.32 Å². The van der Waals surface area contributed by atoms with Gasteiger partial charge in [0.2, 0.25) is 17.7 Å². The van der Waals surface area contributed by atoms with Crippen LogP contribution in [-0.2, 0) is 14.4 Å². The maximum absolute atomic E-state index is 12.7. The summed E-state index contributed by atoms with van der Waals surface area (Å²) in [5.74, 6) is -0.711. The Morgan fingerprint density at radius 1 is 0.955 bits per heavy atom. The highest BCUT2D eigenvalue weighted by Crippen LogP contribution is 2.41. The van der Waals surface area contributed by atoms with E-state index in [9.17, 15) is 14.4 Å². The van der Waals surface area contributed by atoms with Crippen LogP contribution < -0.4 is 10.2 Å². The zero-order chi connectivity index (χ0) is 15.3. The Balaban J connectivity index is 1.58. The molecule has 1 N–H and O–H groups in total. The number of β-lactam (4-membered cyclic amide) rings is 1. The van der Waals surface area contributed by atoms with Crippen LogP contribution in [0.2, 0.25) is 0 Å². The number of carbonyl (C=O) groups excluding carboxylic acids is 3. The topological polar surface area (TPSA) is 66.5 Å². The van der Waals surface area contributed by atoms with Gasteiger partial charge in [-0.05, 0) is 25.0 Å². The lowest BCUT2D eigenvalue weighted by Gasteiger charge is -2.33. The molecule has 0 radical (unpaired) electrons. The molecular formula is C17H16N2O3. The van der Waals surface area contributed by atoms with E-state index < -0.39 is 0 Å². The maximum Gasteiger partial charge on any atom is 0.238 e. The summed E-state index contributed by atoms with van der Waals surface area (Å²) in [4.78, 5) is 37.6. The smallest absolute Gasteiger partial charge is 0.238 e. The fourth-order valence-electron chi connectivity index (χ4n) is 3.59. The molecule has 1 aromatic carbocycles. The van der Waals surface area contributed by atoms with Gasteiger partial charge >= 0.3 is 0 Å². The van der Waals surface area contributed by atoms with Crippen molar-refractivity contribution < 1.29 is 14.4 Å². The first-order chi connectivity index (χ1) is 10.6. The Bertz CT molecular complexity index is 687. The van der Waals surface area contributed by atoms with Crippen LogP contribution in [-0.4, -0.2) is 23.8 Å². The average Bonchev–Trinajstić information content (AvgIpc) is 2.76. The summed E-state index contributed by atoms with van der Waals surface area (Å²) in [5.41, 5.74) is 1.74. The van der Waals surface area contributed by atoms with E-state index >= 15 is 0 Å². The number of amides is 3. The van der Waals surface area contributed by atoms with E-state index in [0.717, 1.165) is 5.57 Å². The summed E-state index contributed by atoms with van der Waals surface area (Å²) in [6, 6.07) is 9.14. The zero-order valence-corrected chi connectivity index (χ0v) is 12.0. The first-order valence-corrected chi connectivity index (χ1v) is 7.56. The molecule has 3 unspecified atom stereocenters. The van der Waals surface area contributed by atoms with Crippen LogP contribution in [0.3, 0.4) is 0 Å². The number of carbonyl (C=O) groups is 3. The number of imide groups is 1. The second kappa shape index (κ2) is 4.80. The predicted octanol–water partition coefficient (Wildman–Crippen LogP) is 1.40. The van der Waals surface area contributed by atoms with Crippen molar-refractivity contribution in [2.45, 2.75) is 25.3 Å². The van der Waals surface area contributed by atoms with E-state index in [-0.39, 0.29) is 35.6 Å². The monoisotopic (exact) mass is 296 g/mol. The number of anilines is 1. The molecule has 5 nitrogen and oxygen atoms in total. The van der Waals surface area contributed by atoms with Crippen LogP contribution in [0.1, 0.15) is 19.3 Å². The average molecular weight is 296 g/mol. The molecule has 22 heavy (non-hydrogen) atoms. The summed E-state index contributed by atoms with van der Waals surface area (Å²) in [5, 5.41) is 2.84. The van der Waals surface area contributed by atoms with Gasteiger partial charge in [0.1, 0.15) is 0 Å². The normalized spacial score (nSPS) is 30.5. The Morgan fingerprint density at radius 3 is 2.32 bits per heavy atom. The van der Waals surface area contributed by atoms with Gasteiger partial charge in [-0.2, -0.15) is 0 Å². The van der Waals surface area contributed by atoms with Crippen molar-refractivity contribution in [3.8, 4) is 0 Å². The predicted molar refractivity (Wildman–Crippen MR) is 79.8 cm³/mol. The minimum Gasteiger partial charge on any atom is -0.349 e. The van der Waals surface area contributed by atoms with E-state index in [1.807, 2.05) is 24.3 Å². The van der Waals surface area contributed by atoms with Gasteiger partial charge in [-0.1, -0.05) is 29.8 Å². The van der Waals surface area contributed by atoms with Crippen molar-refractivity contribution in [3.63, 3.8) is 0 Å². The highest BCUT2D eigenvalue weighted by Gasteiger charge is 2.50. The zero-order valence-electron chi connectivity index (χ0n) is 12.0. The van der Waals surface area contributed by atoms with Crippen LogP contribution in [0.5, 0.6) is 0 Å². The van der Waals surface area contributed by atoms with Gasteiger partial charge in [0.25, 0.3) is 0 Å². The Morgan fingerprint density at radius 2 is 1.64 bits per heavy atom. The van der Waals surface area contributed by atoms with Crippen LogP contribution in [0, 0.1) is 11.8 Å². The first-order valence-electron chi connectivity index (χ1n) is 7.56. The van der Waals surface area contributed by atoms with E-state index in [2.05, 4.69) is 5.32 Å². The summed E-state index contributed by atoms with van der Waals surface area (Å²) < 4.78 is 0. The number of nitrogens with zero attached hydrogens (tertiary/aromatic N) is 1. The number of benzene rings is 1. The highest BCUT2D eigenvalue weighted by atomic mass is 16.2. The van der Waals surface area contributed by atoms with Crippen LogP contribution in [0.25, 0.3) is 0 Å². The Hall–Kier alpha value is -2.43. The van der Waals surface area contributed by atoms with Gasteiger partial charge in [-0.15, -0.1) is 0 Å².